The summed E-state index contributed by atoms with van der Waals surface area (Å²) in [6.45, 7) is 8.99. The number of ether oxygens (including phenoxy) is 3. The van der Waals surface area contributed by atoms with Crippen molar-refractivity contribution in [3.63, 3.8) is 0 Å². The largest absolute Gasteiger partial charge is 0.382 e. The third-order valence-corrected chi connectivity index (χ3v) is 1.82. The van der Waals surface area contributed by atoms with Gasteiger partial charge in [-0.2, -0.15) is 0 Å². The molecular formula is C13H31NO3. The van der Waals surface area contributed by atoms with Crippen LogP contribution in [0.5, 0.6) is 0 Å². The van der Waals surface area contributed by atoms with Crippen LogP contribution < -0.4 is 0 Å². The summed E-state index contributed by atoms with van der Waals surface area (Å²) in [4.78, 5) is 2.18. The van der Waals surface area contributed by atoms with Crippen molar-refractivity contribution in [1.82, 2.24) is 4.90 Å². The van der Waals surface area contributed by atoms with Crippen LogP contribution in [0.3, 0.4) is 0 Å². The minimum atomic E-state index is 0.659. The van der Waals surface area contributed by atoms with Gasteiger partial charge in [-0.1, -0.05) is 13.8 Å². The molecule has 0 radical (unpaired) electrons. The number of hydrogen-bond acceptors (Lipinski definition) is 4. The Hall–Kier alpha value is -0.160. The fourth-order valence-electron chi connectivity index (χ4n) is 1.06. The summed E-state index contributed by atoms with van der Waals surface area (Å²) >= 11 is 0. The standard InChI is InChI=1S/C8H18O3.C5H13N/c1-3-4-10-7-8-11-6-5-9-2;1-4-5-6(2)3/h3-8H2,1-2H3;4-5H2,1-3H3. The van der Waals surface area contributed by atoms with E-state index in [1.807, 2.05) is 0 Å². The fraction of sp³-hybridized carbons (Fsp3) is 1.00. The molecule has 0 aromatic rings. The fourth-order valence-corrected chi connectivity index (χ4v) is 1.06. The van der Waals surface area contributed by atoms with Gasteiger partial charge in [0.1, 0.15) is 0 Å². The van der Waals surface area contributed by atoms with Crippen LogP contribution in [0.25, 0.3) is 0 Å². The van der Waals surface area contributed by atoms with E-state index in [0.717, 1.165) is 13.0 Å². The first-order chi connectivity index (χ1) is 8.18. The van der Waals surface area contributed by atoms with E-state index < -0.39 is 0 Å². The van der Waals surface area contributed by atoms with Crippen LogP contribution >= 0.6 is 0 Å². The average molecular weight is 249 g/mol. The highest BCUT2D eigenvalue weighted by Gasteiger charge is 1.87. The maximum Gasteiger partial charge on any atom is 0.0701 e. The van der Waals surface area contributed by atoms with E-state index in [1.165, 1.54) is 13.0 Å². The summed E-state index contributed by atoms with van der Waals surface area (Å²) in [5, 5.41) is 0. The Bertz CT molecular complexity index is 113. The highest BCUT2D eigenvalue weighted by molar-refractivity contribution is 4.34. The molecule has 0 rings (SSSR count). The van der Waals surface area contributed by atoms with Crippen molar-refractivity contribution in [2.24, 2.45) is 0 Å². The van der Waals surface area contributed by atoms with Gasteiger partial charge in [-0.25, -0.2) is 0 Å². The number of hydrogen-bond donors (Lipinski definition) is 0. The smallest absolute Gasteiger partial charge is 0.0701 e. The van der Waals surface area contributed by atoms with Gasteiger partial charge >= 0.3 is 0 Å². The third-order valence-electron chi connectivity index (χ3n) is 1.82. The molecule has 0 aliphatic rings. The summed E-state index contributed by atoms with van der Waals surface area (Å²) in [5.74, 6) is 0. The predicted octanol–water partition coefficient (Wildman–Crippen LogP) is 2.03. The molecule has 4 nitrogen and oxygen atoms in total. The zero-order valence-electron chi connectivity index (χ0n) is 12.3. The predicted molar refractivity (Wildman–Crippen MR) is 72.7 cm³/mol. The summed E-state index contributed by atoms with van der Waals surface area (Å²) in [6.07, 6.45) is 2.32. The zero-order chi connectivity index (χ0) is 13.4. The molecule has 0 fully saturated rings. The molecule has 0 amide bonds. The normalized spacial score (nSPS) is 10.2. The molecule has 17 heavy (non-hydrogen) atoms. The second-order valence-corrected chi connectivity index (χ2v) is 4.02. The second kappa shape index (κ2) is 18.2. The van der Waals surface area contributed by atoms with Crippen molar-refractivity contribution >= 4 is 0 Å². The quantitative estimate of drug-likeness (QED) is 0.554. The van der Waals surface area contributed by atoms with Crippen molar-refractivity contribution in [2.75, 3.05) is 60.8 Å². The number of nitrogens with zero attached hydrogens (tertiary/aromatic N) is 1. The molecule has 0 spiro atoms. The minimum absolute atomic E-state index is 0.659. The first-order valence-electron chi connectivity index (χ1n) is 6.48. The molecule has 106 valence electrons. The van der Waals surface area contributed by atoms with Gasteiger partial charge in [0.05, 0.1) is 26.4 Å². The van der Waals surface area contributed by atoms with Gasteiger partial charge < -0.3 is 19.1 Å². The SMILES string of the molecule is CCCN(C)C.CCCOCCOCCOC. The minimum Gasteiger partial charge on any atom is -0.382 e. The maximum atomic E-state index is 5.20. The molecule has 0 bridgehead atoms. The summed E-state index contributed by atoms with van der Waals surface area (Å²) < 4.78 is 15.2. The van der Waals surface area contributed by atoms with Gasteiger partial charge in [0.15, 0.2) is 0 Å². The Kier molecular flexibility index (Phi) is 20.6. The first kappa shape index (κ1) is 19.2. The summed E-state index contributed by atoms with van der Waals surface area (Å²) in [5.41, 5.74) is 0. The molecule has 0 aromatic heterocycles. The Balaban J connectivity index is 0. The third kappa shape index (κ3) is 25.8. The van der Waals surface area contributed by atoms with Gasteiger partial charge in [0.25, 0.3) is 0 Å². The second-order valence-electron chi connectivity index (χ2n) is 4.02. The van der Waals surface area contributed by atoms with E-state index >= 15 is 0 Å². The highest BCUT2D eigenvalue weighted by atomic mass is 16.5. The number of methoxy groups -OCH3 is 1. The lowest BCUT2D eigenvalue weighted by atomic mass is 10.5. The lowest BCUT2D eigenvalue weighted by Crippen LogP contribution is -2.11. The van der Waals surface area contributed by atoms with Crippen molar-refractivity contribution in [1.29, 1.82) is 0 Å². The van der Waals surface area contributed by atoms with E-state index in [9.17, 15) is 0 Å². The zero-order valence-corrected chi connectivity index (χ0v) is 12.3. The Morgan fingerprint density at radius 2 is 1.29 bits per heavy atom. The Labute approximate surface area is 107 Å². The molecule has 0 aliphatic heterocycles. The Morgan fingerprint density at radius 3 is 1.65 bits per heavy atom. The molecule has 0 saturated heterocycles. The molecule has 0 saturated carbocycles. The lowest BCUT2D eigenvalue weighted by Gasteiger charge is -2.03. The van der Waals surface area contributed by atoms with Gasteiger partial charge in [-0.15, -0.1) is 0 Å². The molecule has 0 aliphatic carbocycles. The van der Waals surface area contributed by atoms with Gasteiger partial charge in [-0.3, -0.25) is 0 Å². The van der Waals surface area contributed by atoms with Gasteiger partial charge in [0.2, 0.25) is 0 Å². The van der Waals surface area contributed by atoms with Gasteiger partial charge in [0, 0.05) is 13.7 Å². The molecule has 4 heteroatoms. The van der Waals surface area contributed by atoms with Crippen molar-refractivity contribution < 1.29 is 14.2 Å². The van der Waals surface area contributed by atoms with E-state index in [1.54, 1.807) is 7.11 Å². The molecule has 0 aromatic carbocycles. The Morgan fingerprint density at radius 1 is 0.765 bits per heavy atom. The molecule has 0 N–H and O–H groups in total. The van der Waals surface area contributed by atoms with E-state index in [0.29, 0.717) is 26.4 Å². The molecular weight excluding hydrogens is 218 g/mol. The maximum absolute atomic E-state index is 5.20. The van der Waals surface area contributed by atoms with E-state index in [2.05, 4.69) is 32.8 Å². The van der Waals surface area contributed by atoms with Crippen molar-refractivity contribution in [3.8, 4) is 0 Å². The van der Waals surface area contributed by atoms with Crippen LogP contribution in [0.2, 0.25) is 0 Å². The number of rotatable bonds is 10. The lowest BCUT2D eigenvalue weighted by molar-refractivity contribution is 0.0250. The monoisotopic (exact) mass is 249 g/mol. The van der Waals surface area contributed by atoms with Crippen LogP contribution in [0, 0.1) is 0 Å². The van der Waals surface area contributed by atoms with Crippen LogP contribution in [0.1, 0.15) is 26.7 Å². The first-order valence-corrected chi connectivity index (χ1v) is 6.48. The van der Waals surface area contributed by atoms with Crippen molar-refractivity contribution in [2.45, 2.75) is 26.7 Å². The van der Waals surface area contributed by atoms with E-state index in [4.69, 9.17) is 14.2 Å². The molecule has 0 heterocycles. The summed E-state index contributed by atoms with van der Waals surface area (Å²) in [7, 11) is 5.84. The van der Waals surface area contributed by atoms with E-state index in [-0.39, 0.29) is 0 Å². The topological polar surface area (TPSA) is 30.9 Å². The average Bonchev–Trinajstić information content (AvgIpc) is 2.29. The van der Waals surface area contributed by atoms with Crippen LogP contribution in [0.4, 0.5) is 0 Å². The van der Waals surface area contributed by atoms with Gasteiger partial charge in [-0.05, 0) is 33.5 Å². The van der Waals surface area contributed by atoms with Crippen LogP contribution in [0.15, 0.2) is 0 Å². The highest BCUT2D eigenvalue weighted by Crippen LogP contribution is 1.81. The molecule has 0 unspecified atom stereocenters. The van der Waals surface area contributed by atoms with Crippen LogP contribution in [-0.4, -0.2) is 65.7 Å². The summed E-state index contributed by atoms with van der Waals surface area (Å²) in [6, 6.07) is 0. The molecule has 0 atom stereocenters. The van der Waals surface area contributed by atoms with Crippen molar-refractivity contribution in [3.05, 3.63) is 0 Å². The van der Waals surface area contributed by atoms with Crippen LogP contribution in [-0.2, 0) is 14.2 Å².